The van der Waals surface area contributed by atoms with Gasteiger partial charge in [-0.15, -0.1) is 0 Å². The van der Waals surface area contributed by atoms with Gasteiger partial charge in [0, 0.05) is 5.56 Å². The van der Waals surface area contributed by atoms with Crippen molar-refractivity contribution in [3.63, 3.8) is 0 Å². The van der Waals surface area contributed by atoms with Crippen LogP contribution in [-0.4, -0.2) is 12.3 Å². The van der Waals surface area contributed by atoms with Gasteiger partial charge in [0.1, 0.15) is 5.54 Å². The first-order chi connectivity index (χ1) is 13.1. The van der Waals surface area contributed by atoms with Crippen LogP contribution in [0.1, 0.15) is 21.5 Å². The van der Waals surface area contributed by atoms with Crippen molar-refractivity contribution in [3.05, 3.63) is 114 Å². The second kappa shape index (κ2) is 8.41. The molecule has 0 fully saturated rings. The molecular weight excluding hydrogens is 344 g/mol. The van der Waals surface area contributed by atoms with Gasteiger partial charge < -0.3 is 5.32 Å². The molecule has 0 spiro atoms. The molecule has 1 atom stereocenters. The van der Waals surface area contributed by atoms with Crippen molar-refractivity contribution in [1.82, 2.24) is 5.32 Å². The number of benzene rings is 3. The first-order valence-electron chi connectivity index (χ1n) is 8.57. The Hall–Kier alpha value is -3.27. The molecule has 0 aliphatic carbocycles. The van der Waals surface area contributed by atoms with Crippen molar-refractivity contribution < 1.29 is 13.6 Å². The number of alkyl halides is 2. The molecule has 0 aliphatic rings. The molecule has 3 aromatic carbocycles. The minimum Gasteiger partial charge on any atom is -0.334 e. The lowest BCUT2D eigenvalue weighted by Gasteiger charge is -2.32. The first kappa shape index (κ1) is 18.5. The van der Waals surface area contributed by atoms with Crippen LogP contribution >= 0.6 is 0 Å². The third-order valence-corrected chi connectivity index (χ3v) is 4.29. The Labute approximate surface area is 157 Å². The van der Waals surface area contributed by atoms with E-state index in [2.05, 4.69) is 5.32 Å². The summed E-state index contributed by atoms with van der Waals surface area (Å²) in [7, 11) is 0. The minimum absolute atomic E-state index is 0.316. The van der Waals surface area contributed by atoms with Gasteiger partial charge in [0.25, 0.3) is 12.3 Å². The van der Waals surface area contributed by atoms with Gasteiger partial charge in [-0.2, -0.15) is 0 Å². The van der Waals surface area contributed by atoms with Gasteiger partial charge >= 0.3 is 0 Å². The summed E-state index contributed by atoms with van der Waals surface area (Å²) in [5, 5.41) is 2.56. The summed E-state index contributed by atoms with van der Waals surface area (Å²) in [6, 6.07) is 25.8. The van der Waals surface area contributed by atoms with E-state index in [-0.39, 0.29) is 0 Å². The number of carbonyl (C=O) groups excluding carboxylic acids is 1. The SMILES string of the molecule is O=C(N[C@](/C=C/c1ccccc1)(c1ccccc1)C(F)F)c1ccccc1. The van der Waals surface area contributed by atoms with E-state index < -0.39 is 17.9 Å². The Morgan fingerprint density at radius 1 is 0.815 bits per heavy atom. The molecule has 0 unspecified atom stereocenters. The number of halogens is 2. The Morgan fingerprint density at radius 2 is 1.33 bits per heavy atom. The van der Waals surface area contributed by atoms with E-state index >= 15 is 0 Å². The summed E-state index contributed by atoms with van der Waals surface area (Å²) >= 11 is 0. The number of carbonyl (C=O) groups is 1. The highest BCUT2D eigenvalue weighted by Crippen LogP contribution is 2.31. The van der Waals surface area contributed by atoms with Crippen molar-refractivity contribution in [2.45, 2.75) is 12.0 Å². The number of hydrogen-bond donors (Lipinski definition) is 1. The fraction of sp³-hybridized carbons (Fsp3) is 0.0870. The second-order valence-corrected chi connectivity index (χ2v) is 6.10. The van der Waals surface area contributed by atoms with E-state index in [9.17, 15) is 13.6 Å². The molecule has 0 aromatic heterocycles. The van der Waals surface area contributed by atoms with Crippen molar-refractivity contribution >= 4 is 12.0 Å². The van der Waals surface area contributed by atoms with E-state index in [1.54, 1.807) is 66.7 Å². The number of hydrogen-bond acceptors (Lipinski definition) is 1. The lowest BCUT2D eigenvalue weighted by atomic mass is 9.88. The van der Waals surface area contributed by atoms with E-state index in [4.69, 9.17) is 0 Å². The molecule has 0 radical (unpaired) electrons. The lowest BCUT2D eigenvalue weighted by Crippen LogP contribution is -2.49. The van der Waals surface area contributed by atoms with Crippen LogP contribution in [0.2, 0.25) is 0 Å². The summed E-state index contributed by atoms with van der Waals surface area (Å²) in [5.41, 5.74) is -0.528. The van der Waals surface area contributed by atoms with Crippen LogP contribution in [0, 0.1) is 0 Å². The summed E-state index contributed by atoms with van der Waals surface area (Å²) in [5.74, 6) is -0.558. The fourth-order valence-electron chi connectivity index (χ4n) is 2.82. The normalized spacial score (nSPS) is 13.4. The molecule has 1 amide bonds. The predicted octanol–water partition coefficient (Wildman–Crippen LogP) is 5.29. The molecule has 27 heavy (non-hydrogen) atoms. The molecule has 136 valence electrons. The third kappa shape index (κ3) is 4.29. The van der Waals surface area contributed by atoms with E-state index in [0.29, 0.717) is 11.1 Å². The molecular formula is C23H19F2NO. The highest BCUT2D eigenvalue weighted by atomic mass is 19.3. The van der Waals surface area contributed by atoms with Crippen LogP contribution in [0.3, 0.4) is 0 Å². The van der Waals surface area contributed by atoms with Crippen LogP contribution in [0.25, 0.3) is 6.08 Å². The molecule has 3 rings (SSSR count). The second-order valence-electron chi connectivity index (χ2n) is 6.10. The van der Waals surface area contributed by atoms with Crippen LogP contribution in [0.5, 0.6) is 0 Å². The summed E-state index contributed by atoms with van der Waals surface area (Å²) in [4.78, 5) is 12.7. The lowest BCUT2D eigenvalue weighted by molar-refractivity contribution is 0.0483. The van der Waals surface area contributed by atoms with Crippen LogP contribution in [0.15, 0.2) is 97.1 Å². The topological polar surface area (TPSA) is 29.1 Å². The maximum Gasteiger partial charge on any atom is 0.269 e. The average molecular weight is 363 g/mol. The van der Waals surface area contributed by atoms with Gasteiger partial charge in [-0.05, 0) is 29.3 Å². The van der Waals surface area contributed by atoms with Crippen molar-refractivity contribution in [2.24, 2.45) is 0 Å². The predicted molar refractivity (Wildman–Crippen MR) is 104 cm³/mol. The highest BCUT2D eigenvalue weighted by Gasteiger charge is 2.41. The number of nitrogens with one attached hydrogen (secondary N) is 1. The van der Waals surface area contributed by atoms with E-state index in [1.807, 2.05) is 30.3 Å². The van der Waals surface area contributed by atoms with E-state index in [0.717, 1.165) is 5.56 Å². The zero-order valence-corrected chi connectivity index (χ0v) is 14.6. The fourth-order valence-corrected chi connectivity index (χ4v) is 2.82. The first-order valence-corrected chi connectivity index (χ1v) is 8.57. The molecule has 3 aromatic rings. The highest BCUT2D eigenvalue weighted by molar-refractivity contribution is 5.95. The Balaban J connectivity index is 2.04. The average Bonchev–Trinajstić information content (AvgIpc) is 2.73. The van der Waals surface area contributed by atoms with Gasteiger partial charge in [-0.25, -0.2) is 8.78 Å². The molecule has 0 aliphatic heterocycles. The largest absolute Gasteiger partial charge is 0.334 e. The Morgan fingerprint density at radius 3 is 1.89 bits per heavy atom. The molecule has 0 saturated heterocycles. The zero-order chi connectivity index (χ0) is 19.1. The molecule has 0 saturated carbocycles. The maximum absolute atomic E-state index is 14.4. The number of rotatable bonds is 6. The standard InChI is InChI=1S/C23H19F2NO/c24-22(25)23(20-14-8-3-9-15-20,17-16-18-10-4-1-5-11-18)26-21(27)19-12-6-2-7-13-19/h1-17,22H,(H,26,27)/b17-16+/t23-/m1/s1. The van der Waals surface area contributed by atoms with Crippen LogP contribution in [0.4, 0.5) is 8.78 Å². The van der Waals surface area contributed by atoms with E-state index in [1.165, 1.54) is 6.08 Å². The molecule has 2 nitrogen and oxygen atoms in total. The summed E-state index contributed by atoms with van der Waals surface area (Å²) in [6.07, 6.45) is 0.126. The molecule has 1 N–H and O–H groups in total. The molecule has 0 bridgehead atoms. The van der Waals surface area contributed by atoms with Crippen molar-refractivity contribution in [3.8, 4) is 0 Å². The monoisotopic (exact) mass is 363 g/mol. The number of amides is 1. The summed E-state index contributed by atoms with van der Waals surface area (Å²) < 4.78 is 28.7. The Kier molecular flexibility index (Phi) is 5.77. The molecule has 0 heterocycles. The third-order valence-electron chi connectivity index (χ3n) is 4.29. The van der Waals surface area contributed by atoms with Crippen LogP contribution < -0.4 is 5.32 Å². The van der Waals surface area contributed by atoms with Gasteiger partial charge in [0.15, 0.2) is 0 Å². The van der Waals surface area contributed by atoms with Gasteiger partial charge in [0.2, 0.25) is 0 Å². The smallest absolute Gasteiger partial charge is 0.269 e. The van der Waals surface area contributed by atoms with Gasteiger partial charge in [-0.3, -0.25) is 4.79 Å². The van der Waals surface area contributed by atoms with Crippen molar-refractivity contribution in [2.75, 3.05) is 0 Å². The minimum atomic E-state index is -2.84. The Bertz CT molecular complexity index is 895. The summed E-state index contributed by atoms with van der Waals surface area (Å²) in [6.45, 7) is 0. The van der Waals surface area contributed by atoms with Crippen molar-refractivity contribution in [1.29, 1.82) is 0 Å². The van der Waals surface area contributed by atoms with Crippen LogP contribution in [-0.2, 0) is 5.54 Å². The zero-order valence-electron chi connectivity index (χ0n) is 14.6. The quantitative estimate of drug-likeness (QED) is 0.633. The van der Waals surface area contributed by atoms with Gasteiger partial charge in [0.05, 0.1) is 0 Å². The molecule has 4 heteroatoms. The maximum atomic E-state index is 14.4. The van der Waals surface area contributed by atoms with Gasteiger partial charge in [-0.1, -0.05) is 84.9 Å².